The van der Waals surface area contributed by atoms with Crippen LogP contribution in [0.15, 0.2) is 48.6 Å². The molecule has 1 amide bonds. The minimum atomic E-state index is -0.498. The maximum Gasteiger partial charge on any atom is 0.408 e. The van der Waals surface area contributed by atoms with E-state index >= 15 is 0 Å². The van der Waals surface area contributed by atoms with Crippen LogP contribution in [0.25, 0.3) is 0 Å². The summed E-state index contributed by atoms with van der Waals surface area (Å²) in [6.07, 6.45) is 17.0. The second kappa shape index (κ2) is 15.5. The summed E-state index contributed by atoms with van der Waals surface area (Å²) in [7, 11) is 1.75. The van der Waals surface area contributed by atoms with Gasteiger partial charge in [0.25, 0.3) is 0 Å². The third kappa shape index (κ3) is 15.6. The van der Waals surface area contributed by atoms with Crippen LogP contribution >= 0.6 is 12.6 Å². The van der Waals surface area contributed by atoms with E-state index in [9.17, 15) is 4.79 Å². The Morgan fingerprint density at radius 2 is 1.93 bits per heavy atom. The zero-order valence-corrected chi connectivity index (χ0v) is 19.1. The normalized spacial score (nSPS) is 15.0. The number of carbonyl (C=O) groups excluding carboxylic acids is 1. The van der Waals surface area contributed by atoms with E-state index in [0.717, 1.165) is 32.1 Å². The molecule has 0 aromatic rings. The largest absolute Gasteiger partial charge is 0.444 e. The Balaban J connectivity index is 4.16. The lowest BCUT2D eigenvalue weighted by atomic mass is 10.1. The molecule has 0 heterocycles. The van der Waals surface area contributed by atoms with E-state index in [1.807, 2.05) is 32.9 Å². The van der Waals surface area contributed by atoms with Crippen LogP contribution in [-0.4, -0.2) is 36.7 Å². The molecule has 0 aromatic heterocycles. The van der Waals surface area contributed by atoms with Crippen LogP contribution < -0.4 is 5.32 Å². The SMILES string of the molecule is C=CC[C@@H](CC/C(C)=C/C=C/CC/C=C\[C@H](CS)NC(=O)OC(C)(C)C)OC. The van der Waals surface area contributed by atoms with Gasteiger partial charge in [0.15, 0.2) is 0 Å². The molecule has 0 saturated carbocycles. The molecule has 160 valence electrons. The topological polar surface area (TPSA) is 47.6 Å². The number of ether oxygens (including phenoxy) is 2. The summed E-state index contributed by atoms with van der Waals surface area (Å²) in [6, 6.07) is -0.131. The zero-order valence-electron chi connectivity index (χ0n) is 18.2. The van der Waals surface area contributed by atoms with Gasteiger partial charge in [0.05, 0.1) is 12.1 Å². The fraction of sp³-hybridized carbons (Fsp3) is 0.609. The van der Waals surface area contributed by atoms with E-state index < -0.39 is 11.7 Å². The Morgan fingerprint density at radius 3 is 2.50 bits per heavy atom. The molecule has 0 radical (unpaired) electrons. The summed E-state index contributed by atoms with van der Waals surface area (Å²) in [6.45, 7) is 11.4. The Kier molecular flexibility index (Phi) is 14.7. The molecule has 0 aromatic carbocycles. The number of unbranched alkanes of at least 4 members (excludes halogenated alkanes) is 1. The molecule has 28 heavy (non-hydrogen) atoms. The molecule has 0 aliphatic carbocycles. The van der Waals surface area contributed by atoms with Crippen LogP contribution in [0.4, 0.5) is 4.79 Å². The van der Waals surface area contributed by atoms with Gasteiger partial charge in [-0.25, -0.2) is 4.79 Å². The highest BCUT2D eigenvalue weighted by Gasteiger charge is 2.17. The van der Waals surface area contributed by atoms with Crippen molar-refractivity contribution in [1.29, 1.82) is 0 Å². The number of hydrogen-bond donors (Lipinski definition) is 2. The molecule has 0 saturated heterocycles. The average molecular weight is 410 g/mol. The fourth-order valence-electron chi connectivity index (χ4n) is 2.38. The van der Waals surface area contributed by atoms with Gasteiger partial charge in [0, 0.05) is 12.9 Å². The second-order valence-corrected chi connectivity index (χ2v) is 8.17. The predicted molar refractivity (Wildman–Crippen MR) is 123 cm³/mol. The van der Waals surface area contributed by atoms with E-state index in [4.69, 9.17) is 9.47 Å². The van der Waals surface area contributed by atoms with E-state index in [1.54, 1.807) is 7.11 Å². The first-order valence-electron chi connectivity index (χ1n) is 9.94. The van der Waals surface area contributed by atoms with E-state index in [0.29, 0.717) is 5.75 Å². The van der Waals surface area contributed by atoms with Crippen molar-refractivity contribution in [3.8, 4) is 0 Å². The highest BCUT2D eigenvalue weighted by Crippen LogP contribution is 2.12. The van der Waals surface area contributed by atoms with E-state index in [-0.39, 0.29) is 12.1 Å². The van der Waals surface area contributed by atoms with Crippen molar-refractivity contribution in [2.24, 2.45) is 0 Å². The second-order valence-electron chi connectivity index (χ2n) is 7.80. The number of hydrogen-bond acceptors (Lipinski definition) is 4. The zero-order chi connectivity index (χ0) is 21.4. The first-order valence-corrected chi connectivity index (χ1v) is 10.6. The monoisotopic (exact) mass is 409 g/mol. The maximum absolute atomic E-state index is 11.8. The predicted octanol–water partition coefficient (Wildman–Crippen LogP) is 6.02. The summed E-state index contributed by atoms with van der Waals surface area (Å²) in [5, 5.41) is 2.81. The van der Waals surface area contributed by atoms with Gasteiger partial charge in [-0.1, -0.05) is 42.0 Å². The fourth-order valence-corrected chi connectivity index (χ4v) is 2.60. The molecule has 0 rings (SSSR count). The van der Waals surface area contributed by atoms with E-state index in [2.05, 4.69) is 55.8 Å². The molecule has 0 aliphatic heterocycles. The third-order valence-corrected chi connectivity index (χ3v) is 4.30. The first-order chi connectivity index (χ1) is 13.2. The van der Waals surface area contributed by atoms with Gasteiger partial charge in [-0.15, -0.1) is 6.58 Å². The summed E-state index contributed by atoms with van der Waals surface area (Å²) < 4.78 is 10.7. The smallest absolute Gasteiger partial charge is 0.408 e. The van der Waals surface area contributed by atoms with Crippen molar-refractivity contribution in [1.82, 2.24) is 5.32 Å². The summed E-state index contributed by atoms with van der Waals surface area (Å²) in [5.74, 6) is 0.530. The van der Waals surface area contributed by atoms with Crippen LogP contribution in [0.2, 0.25) is 0 Å². The Labute approximate surface area is 177 Å². The lowest BCUT2D eigenvalue weighted by Crippen LogP contribution is -2.39. The van der Waals surface area contributed by atoms with Gasteiger partial charge in [-0.3, -0.25) is 0 Å². The number of amides is 1. The molecule has 2 atom stereocenters. The lowest BCUT2D eigenvalue weighted by molar-refractivity contribution is 0.0519. The molecule has 0 bridgehead atoms. The van der Waals surface area contributed by atoms with Crippen molar-refractivity contribution >= 4 is 18.7 Å². The highest BCUT2D eigenvalue weighted by atomic mass is 32.1. The summed E-state index contributed by atoms with van der Waals surface area (Å²) in [5.41, 5.74) is 0.844. The van der Waals surface area contributed by atoms with Gasteiger partial charge >= 0.3 is 6.09 Å². The van der Waals surface area contributed by atoms with Gasteiger partial charge in [-0.05, 0) is 59.8 Å². The molecule has 0 fully saturated rings. The first kappa shape index (κ1) is 26.5. The lowest BCUT2D eigenvalue weighted by Gasteiger charge is -2.21. The molecule has 5 heteroatoms. The number of carbonyl (C=O) groups is 1. The van der Waals surface area contributed by atoms with Gasteiger partial charge in [0.1, 0.15) is 5.60 Å². The highest BCUT2D eigenvalue weighted by molar-refractivity contribution is 7.80. The Hall–Kier alpha value is -1.46. The molecular weight excluding hydrogens is 370 g/mol. The van der Waals surface area contributed by atoms with Crippen molar-refractivity contribution in [2.45, 2.75) is 77.5 Å². The molecule has 0 unspecified atom stereocenters. The average Bonchev–Trinajstić information content (AvgIpc) is 2.61. The summed E-state index contributed by atoms with van der Waals surface area (Å²) in [4.78, 5) is 11.8. The number of rotatable bonds is 13. The molecule has 0 aliphatic rings. The van der Waals surface area contributed by atoms with Gasteiger partial charge in [-0.2, -0.15) is 12.6 Å². The number of methoxy groups -OCH3 is 1. The molecule has 4 nitrogen and oxygen atoms in total. The van der Waals surface area contributed by atoms with Crippen molar-refractivity contribution in [3.05, 3.63) is 48.6 Å². The minimum Gasteiger partial charge on any atom is -0.444 e. The molecule has 0 spiro atoms. The number of alkyl carbamates (subject to hydrolysis) is 1. The minimum absolute atomic E-state index is 0.131. The van der Waals surface area contributed by atoms with E-state index in [1.165, 1.54) is 5.57 Å². The Morgan fingerprint density at radius 1 is 1.25 bits per heavy atom. The Bertz CT molecular complexity index is 532. The molecule has 1 N–H and O–H groups in total. The summed E-state index contributed by atoms with van der Waals surface area (Å²) >= 11 is 4.28. The maximum atomic E-state index is 11.8. The number of nitrogens with one attached hydrogen (secondary N) is 1. The van der Waals surface area contributed by atoms with Crippen LogP contribution in [0.1, 0.15) is 59.8 Å². The number of allylic oxidation sites excluding steroid dienone is 5. The van der Waals surface area contributed by atoms with Crippen molar-refractivity contribution < 1.29 is 14.3 Å². The standard InChI is InChI=1S/C23H39NO3S/c1-7-13-21(26-6)17-16-19(2)14-11-9-8-10-12-15-20(18-28)24-22(25)27-23(3,4)5/h7,9,11-12,14-15,20-21,28H,1,8,10,13,16-18H2,2-6H3,(H,24,25)/b11-9+,15-12-,19-14+/t20-,21+/m1/s1. The van der Waals surface area contributed by atoms with Crippen LogP contribution in [0.5, 0.6) is 0 Å². The van der Waals surface area contributed by atoms with Crippen molar-refractivity contribution in [3.63, 3.8) is 0 Å². The quantitative estimate of drug-likeness (QED) is 0.169. The van der Waals surface area contributed by atoms with Gasteiger partial charge in [0.2, 0.25) is 0 Å². The van der Waals surface area contributed by atoms with Crippen LogP contribution in [0, 0.1) is 0 Å². The third-order valence-electron chi connectivity index (χ3n) is 3.91. The van der Waals surface area contributed by atoms with Crippen molar-refractivity contribution in [2.75, 3.05) is 12.9 Å². The number of thiol groups is 1. The van der Waals surface area contributed by atoms with Gasteiger partial charge < -0.3 is 14.8 Å². The van der Waals surface area contributed by atoms with Crippen LogP contribution in [-0.2, 0) is 9.47 Å². The van der Waals surface area contributed by atoms with Crippen LogP contribution in [0.3, 0.4) is 0 Å². The molecular formula is C23H39NO3S.